The zero-order chi connectivity index (χ0) is 20.5. The number of furan rings is 1. The maximum Gasteiger partial charge on any atom is 0.294 e. The molecule has 3 heterocycles. The molecule has 2 aliphatic heterocycles. The first-order chi connectivity index (χ1) is 13.9. The summed E-state index contributed by atoms with van der Waals surface area (Å²) in [5.74, 6) is 0.284. The molecule has 2 fully saturated rings. The fraction of sp³-hybridized carbons (Fsp3) is 0.250. The fourth-order valence-electron chi connectivity index (χ4n) is 3.20. The molecule has 9 heteroatoms. The van der Waals surface area contributed by atoms with E-state index in [-0.39, 0.29) is 17.4 Å². The molecule has 0 bridgehead atoms. The van der Waals surface area contributed by atoms with E-state index in [1.54, 1.807) is 35.2 Å². The highest BCUT2D eigenvalue weighted by molar-refractivity contribution is 8.18. The Morgan fingerprint density at radius 3 is 2.59 bits per heavy atom. The second-order valence-electron chi connectivity index (χ2n) is 6.69. The smallest absolute Gasteiger partial charge is 0.294 e. The molecule has 6 nitrogen and oxygen atoms in total. The monoisotopic (exact) mass is 450 g/mol. The van der Waals surface area contributed by atoms with Gasteiger partial charge in [-0.05, 0) is 54.9 Å². The highest BCUT2D eigenvalue weighted by atomic mass is 35.5. The maximum absolute atomic E-state index is 12.6. The molecule has 3 amide bonds. The first-order valence-electron chi connectivity index (χ1n) is 9.01. The van der Waals surface area contributed by atoms with Gasteiger partial charge in [0.25, 0.3) is 11.1 Å². The zero-order valence-corrected chi connectivity index (χ0v) is 17.5. The normalized spacial score (nSPS) is 18.3. The molecule has 1 aromatic carbocycles. The van der Waals surface area contributed by atoms with E-state index in [1.807, 2.05) is 0 Å². The summed E-state index contributed by atoms with van der Waals surface area (Å²) in [7, 11) is 0. The summed E-state index contributed by atoms with van der Waals surface area (Å²) < 4.78 is 5.76. The molecule has 150 valence electrons. The lowest BCUT2D eigenvalue weighted by molar-refractivity contribution is -0.135. The van der Waals surface area contributed by atoms with E-state index in [2.05, 4.69) is 0 Å². The maximum atomic E-state index is 12.6. The number of nitrogens with zero attached hydrogens (tertiary/aromatic N) is 2. The lowest BCUT2D eigenvalue weighted by atomic mass is 10.2. The van der Waals surface area contributed by atoms with Crippen molar-refractivity contribution in [3.05, 3.63) is 51.0 Å². The van der Waals surface area contributed by atoms with Crippen molar-refractivity contribution in [2.45, 2.75) is 12.8 Å². The van der Waals surface area contributed by atoms with Gasteiger partial charge in [0, 0.05) is 24.7 Å². The van der Waals surface area contributed by atoms with Crippen LogP contribution in [0.4, 0.5) is 4.79 Å². The molecule has 1 aromatic heterocycles. The molecular weight excluding hydrogens is 435 g/mol. The predicted octanol–water partition coefficient (Wildman–Crippen LogP) is 4.91. The van der Waals surface area contributed by atoms with Gasteiger partial charge in [-0.15, -0.1) is 0 Å². The highest BCUT2D eigenvalue weighted by Crippen LogP contribution is 2.34. The van der Waals surface area contributed by atoms with E-state index in [4.69, 9.17) is 27.6 Å². The third-order valence-corrected chi connectivity index (χ3v) is 6.38. The van der Waals surface area contributed by atoms with E-state index in [0.717, 1.165) is 35.1 Å². The molecule has 0 atom stereocenters. The molecule has 29 heavy (non-hydrogen) atoms. The molecule has 0 aliphatic carbocycles. The van der Waals surface area contributed by atoms with Gasteiger partial charge in [0.2, 0.25) is 5.91 Å². The topological polar surface area (TPSA) is 70.8 Å². The SMILES string of the molecule is O=C(CN1C(=O)S/C(=C\c2ccc(-c3ccc(Cl)c(Cl)c3)o2)C1=O)N1CCCC1. The van der Waals surface area contributed by atoms with Gasteiger partial charge in [0.1, 0.15) is 18.1 Å². The summed E-state index contributed by atoms with van der Waals surface area (Å²) in [5.41, 5.74) is 0.739. The summed E-state index contributed by atoms with van der Waals surface area (Å²) >= 11 is 12.8. The number of carbonyl (C=O) groups excluding carboxylic acids is 3. The molecule has 0 radical (unpaired) electrons. The van der Waals surface area contributed by atoms with Crippen molar-refractivity contribution in [1.29, 1.82) is 0 Å². The first-order valence-corrected chi connectivity index (χ1v) is 10.6. The van der Waals surface area contributed by atoms with Gasteiger partial charge >= 0.3 is 0 Å². The average molecular weight is 451 g/mol. The van der Waals surface area contributed by atoms with Gasteiger partial charge in [0.05, 0.1) is 15.0 Å². The van der Waals surface area contributed by atoms with Crippen LogP contribution in [-0.2, 0) is 9.59 Å². The summed E-state index contributed by atoms with van der Waals surface area (Å²) in [6.07, 6.45) is 3.41. The van der Waals surface area contributed by atoms with Crippen LogP contribution in [0.25, 0.3) is 17.4 Å². The summed E-state index contributed by atoms with van der Waals surface area (Å²) in [6.45, 7) is 1.12. The minimum atomic E-state index is -0.486. The number of benzene rings is 1. The van der Waals surface area contributed by atoms with E-state index in [0.29, 0.717) is 34.7 Å². The van der Waals surface area contributed by atoms with Gasteiger partial charge in [-0.25, -0.2) is 0 Å². The van der Waals surface area contributed by atoms with Crippen LogP contribution in [0.3, 0.4) is 0 Å². The van der Waals surface area contributed by atoms with Gasteiger partial charge in [0.15, 0.2) is 0 Å². The lowest BCUT2D eigenvalue weighted by Crippen LogP contribution is -2.40. The van der Waals surface area contributed by atoms with Crippen LogP contribution >= 0.6 is 35.0 Å². The number of thioether (sulfide) groups is 1. The third kappa shape index (κ3) is 4.22. The van der Waals surface area contributed by atoms with Crippen LogP contribution in [0.5, 0.6) is 0 Å². The zero-order valence-electron chi connectivity index (χ0n) is 15.2. The largest absolute Gasteiger partial charge is 0.457 e. The Hall–Kier alpha value is -2.22. The molecule has 2 aliphatic rings. The van der Waals surface area contributed by atoms with Crippen LogP contribution in [0.2, 0.25) is 10.0 Å². The molecule has 0 N–H and O–H groups in total. The molecule has 2 saturated heterocycles. The second-order valence-corrected chi connectivity index (χ2v) is 8.49. The number of halogens is 2. The minimum absolute atomic E-state index is 0.203. The van der Waals surface area contributed by atoms with E-state index in [9.17, 15) is 14.4 Å². The standard InChI is InChI=1S/C20H16Cl2N2O4S/c21-14-5-3-12(9-15(14)22)16-6-4-13(28-16)10-17-19(26)24(20(27)29-17)11-18(25)23-7-1-2-8-23/h3-6,9-10H,1-2,7-8,11H2/b17-10-. The number of rotatable bonds is 4. The van der Waals surface area contributed by atoms with Gasteiger partial charge < -0.3 is 9.32 Å². The van der Waals surface area contributed by atoms with Crippen molar-refractivity contribution in [2.75, 3.05) is 19.6 Å². The Kier molecular flexibility index (Phi) is 5.72. The fourth-order valence-corrected chi connectivity index (χ4v) is 4.32. The number of hydrogen-bond acceptors (Lipinski definition) is 5. The predicted molar refractivity (Wildman–Crippen MR) is 113 cm³/mol. The van der Waals surface area contributed by atoms with Crippen LogP contribution < -0.4 is 0 Å². The number of amides is 3. The lowest BCUT2D eigenvalue weighted by Gasteiger charge is -2.18. The number of likely N-dealkylation sites (tertiary alicyclic amines) is 1. The number of imide groups is 1. The first kappa shape index (κ1) is 20.1. The van der Waals surface area contributed by atoms with Crippen molar-refractivity contribution in [1.82, 2.24) is 9.80 Å². The second kappa shape index (κ2) is 8.26. The van der Waals surface area contributed by atoms with Crippen LogP contribution in [-0.4, -0.2) is 46.5 Å². The Labute approximate surface area is 181 Å². The van der Waals surface area contributed by atoms with Crippen LogP contribution in [0.15, 0.2) is 39.7 Å². The van der Waals surface area contributed by atoms with Crippen molar-refractivity contribution in [2.24, 2.45) is 0 Å². The van der Waals surface area contributed by atoms with Crippen molar-refractivity contribution in [3.63, 3.8) is 0 Å². The quantitative estimate of drug-likeness (QED) is 0.618. The van der Waals surface area contributed by atoms with E-state index < -0.39 is 11.1 Å². The highest BCUT2D eigenvalue weighted by Gasteiger charge is 2.37. The summed E-state index contributed by atoms with van der Waals surface area (Å²) in [6, 6.07) is 8.57. The number of carbonyl (C=O) groups is 3. The average Bonchev–Trinajstić information content (AvgIpc) is 3.43. The van der Waals surface area contributed by atoms with E-state index >= 15 is 0 Å². The minimum Gasteiger partial charge on any atom is -0.457 e. The molecule has 4 rings (SSSR count). The molecule has 2 aromatic rings. The van der Waals surface area contributed by atoms with Crippen molar-refractivity contribution in [3.8, 4) is 11.3 Å². The van der Waals surface area contributed by atoms with Crippen molar-refractivity contribution < 1.29 is 18.8 Å². The molecular formula is C20H16Cl2N2O4S. The summed E-state index contributed by atoms with van der Waals surface area (Å²) in [5, 5.41) is 0.398. The molecule has 0 saturated carbocycles. The van der Waals surface area contributed by atoms with Gasteiger partial charge in [-0.2, -0.15) is 0 Å². The van der Waals surface area contributed by atoms with E-state index in [1.165, 1.54) is 6.08 Å². The van der Waals surface area contributed by atoms with Gasteiger partial charge in [-0.3, -0.25) is 19.3 Å². The third-order valence-electron chi connectivity index (χ3n) is 4.73. The molecule has 0 spiro atoms. The summed E-state index contributed by atoms with van der Waals surface area (Å²) in [4.78, 5) is 40.0. The van der Waals surface area contributed by atoms with Crippen LogP contribution in [0.1, 0.15) is 18.6 Å². The molecule has 0 unspecified atom stereocenters. The Morgan fingerprint density at radius 1 is 1.10 bits per heavy atom. The van der Waals surface area contributed by atoms with Crippen LogP contribution in [0, 0.1) is 0 Å². The van der Waals surface area contributed by atoms with Crippen molar-refractivity contribution >= 4 is 58.1 Å². The number of hydrogen-bond donors (Lipinski definition) is 0. The Bertz CT molecular complexity index is 1030. The van der Waals surface area contributed by atoms with Gasteiger partial charge in [-0.1, -0.05) is 23.2 Å². The Morgan fingerprint density at radius 2 is 1.86 bits per heavy atom. The Balaban J connectivity index is 1.49.